The molecule has 0 aliphatic heterocycles. The van der Waals surface area contributed by atoms with Crippen molar-refractivity contribution in [2.45, 2.75) is 122 Å². The summed E-state index contributed by atoms with van der Waals surface area (Å²) in [4.78, 5) is 0. The molecule has 1 fully saturated rings. The molecule has 0 heterocycles. The molecule has 1 aliphatic carbocycles. The molecule has 166 valence electrons. The van der Waals surface area contributed by atoms with Crippen molar-refractivity contribution in [2.24, 2.45) is 5.92 Å². The molecule has 29 heavy (non-hydrogen) atoms. The highest BCUT2D eigenvalue weighted by molar-refractivity contribution is 6.55. The number of rotatable bonds is 15. The monoisotopic (exact) mass is 416 g/mol. The zero-order chi connectivity index (χ0) is 20.7. The van der Waals surface area contributed by atoms with Crippen molar-refractivity contribution in [2.75, 3.05) is 6.61 Å². The Morgan fingerprint density at radius 3 is 2.14 bits per heavy atom. The van der Waals surface area contributed by atoms with Gasteiger partial charge in [-0.2, -0.15) is 0 Å². The van der Waals surface area contributed by atoms with Gasteiger partial charge in [0.05, 0.1) is 6.61 Å². The Morgan fingerprint density at radius 1 is 0.793 bits per heavy atom. The van der Waals surface area contributed by atoms with E-state index in [4.69, 9.17) is 4.74 Å². The third-order valence-corrected chi connectivity index (χ3v) is 8.42. The quantitative estimate of drug-likeness (QED) is 0.205. The molecule has 0 radical (unpaired) electrons. The van der Waals surface area contributed by atoms with Crippen molar-refractivity contribution in [3.8, 4) is 5.75 Å². The first kappa shape index (κ1) is 24.5. The van der Waals surface area contributed by atoms with Crippen LogP contribution in [0.4, 0.5) is 0 Å². The number of unbranched alkanes of at least 4 members (excludes halogenated alkanes) is 7. The van der Waals surface area contributed by atoms with Crippen LogP contribution < -0.4 is 4.74 Å². The molecule has 0 aromatic heterocycles. The Bertz CT molecular complexity index is 502. The fourth-order valence-electron chi connectivity index (χ4n) is 4.86. The second-order valence-electron chi connectivity index (χ2n) is 9.93. The molecule has 0 N–H and O–H groups in total. The minimum Gasteiger partial charge on any atom is -0.494 e. The van der Waals surface area contributed by atoms with Crippen molar-refractivity contribution < 1.29 is 4.74 Å². The van der Waals surface area contributed by atoms with Gasteiger partial charge in [-0.3, -0.25) is 0 Å². The Hall–Kier alpha value is -0.763. The minimum absolute atomic E-state index is 0.341. The SMILES string of the molecule is CCCCCCCC1CCC(c2ccc(OCCCCCC[SiH](C)C)cc2)CC1. The van der Waals surface area contributed by atoms with Crippen molar-refractivity contribution in [3.63, 3.8) is 0 Å². The lowest BCUT2D eigenvalue weighted by Gasteiger charge is -2.29. The molecular formula is C27H48OSi. The summed E-state index contributed by atoms with van der Waals surface area (Å²) in [5.41, 5.74) is 1.54. The first-order chi connectivity index (χ1) is 14.2. The third-order valence-electron chi connectivity index (χ3n) is 6.86. The second-order valence-corrected chi connectivity index (χ2v) is 13.3. The van der Waals surface area contributed by atoms with Crippen LogP contribution in [0.25, 0.3) is 0 Å². The Morgan fingerprint density at radius 2 is 1.45 bits per heavy atom. The van der Waals surface area contributed by atoms with Gasteiger partial charge in [-0.05, 0) is 61.6 Å². The van der Waals surface area contributed by atoms with Crippen LogP contribution in [-0.4, -0.2) is 15.4 Å². The molecular weight excluding hydrogens is 368 g/mol. The summed E-state index contributed by atoms with van der Waals surface area (Å²) >= 11 is 0. The van der Waals surface area contributed by atoms with E-state index in [1.807, 2.05) is 0 Å². The van der Waals surface area contributed by atoms with E-state index in [-0.39, 0.29) is 8.80 Å². The van der Waals surface area contributed by atoms with Gasteiger partial charge in [-0.15, -0.1) is 0 Å². The summed E-state index contributed by atoms with van der Waals surface area (Å²) in [7, 11) is -0.341. The van der Waals surface area contributed by atoms with Crippen molar-refractivity contribution >= 4 is 8.80 Å². The van der Waals surface area contributed by atoms with Crippen LogP contribution in [0.3, 0.4) is 0 Å². The van der Waals surface area contributed by atoms with Crippen LogP contribution in [0.2, 0.25) is 19.1 Å². The molecule has 1 saturated carbocycles. The average Bonchev–Trinajstić information content (AvgIpc) is 2.74. The highest BCUT2D eigenvalue weighted by atomic mass is 28.3. The van der Waals surface area contributed by atoms with Crippen molar-refractivity contribution in [1.82, 2.24) is 0 Å². The van der Waals surface area contributed by atoms with E-state index in [1.54, 1.807) is 0 Å². The standard InChI is InChI=1S/C27H48OSi/c1-4-5-6-7-10-13-24-14-16-25(17-15-24)26-18-20-27(21-19-26)28-22-11-8-9-12-23-29(2)3/h18-21,24-25,29H,4-17,22-23H2,1-3H3. The number of hydrogen-bond acceptors (Lipinski definition) is 1. The molecule has 1 aromatic carbocycles. The number of hydrogen-bond donors (Lipinski definition) is 0. The van der Waals surface area contributed by atoms with Gasteiger partial charge < -0.3 is 4.74 Å². The van der Waals surface area contributed by atoms with Gasteiger partial charge >= 0.3 is 0 Å². The van der Waals surface area contributed by atoms with Gasteiger partial charge in [0.1, 0.15) is 5.75 Å². The molecule has 2 heteroatoms. The summed E-state index contributed by atoms with van der Waals surface area (Å²) in [6, 6.07) is 10.6. The number of ether oxygens (including phenoxy) is 1. The molecule has 0 unspecified atom stereocenters. The second kappa shape index (κ2) is 15.1. The highest BCUT2D eigenvalue weighted by Crippen LogP contribution is 2.38. The first-order valence-corrected chi connectivity index (χ1v) is 16.0. The lowest BCUT2D eigenvalue weighted by Crippen LogP contribution is -2.13. The zero-order valence-electron chi connectivity index (χ0n) is 19.8. The largest absolute Gasteiger partial charge is 0.494 e. The summed E-state index contributed by atoms with van der Waals surface area (Å²) in [5.74, 6) is 2.84. The van der Waals surface area contributed by atoms with E-state index in [0.29, 0.717) is 0 Å². The lowest BCUT2D eigenvalue weighted by atomic mass is 9.77. The van der Waals surface area contributed by atoms with Gasteiger partial charge in [0, 0.05) is 8.80 Å². The van der Waals surface area contributed by atoms with Crippen LogP contribution in [0, 0.1) is 5.92 Å². The van der Waals surface area contributed by atoms with Gasteiger partial charge in [0.15, 0.2) is 0 Å². The van der Waals surface area contributed by atoms with Crippen LogP contribution in [0.1, 0.15) is 108 Å². The van der Waals surface area contributed by atoms with Gasteiger partial charge in [0.25, 0.3) is 0 Å². The minimum atomic E-state index is -0.341. The van der Waals surface area contributed by atoms with Gasteiger partial charge in [-0.1, -0.05) is 96.0 Å². The molecule has 2 rings (SSSR count). The smallest absolute Gasteiger partial charge is 0.119 e. The van der Waals surface area contributed by atoms with Gasteiger partial charge in [0.2, 0.25) is 0 Å². The molecule has 1 aromatic rings. The maximum Gasteiger partial charge on any atom is 0.119 e. The van der Waals surface area contributed by atoms with E-state index >= 15 is 0 Å². The van der Waals surface area contributed by atoms with E-state index in [1.165, 1.54) is 101 Å². The van der Waals surface area contributed by atoms with E-state index in [2.05, 4.69) is 44.3 Å². The molecule has 0 bridgehead atoms. The van der Waals surface area contributed by atoms with Crippen LogP contribution >= 0.6 is 0 Å². The lowest BCUT2D eigenvalue weighted by molar-refractivity contribution is 0.299. The van der Waals surface area contributed by atoms with Crippen molar-refractivity contribution in [3.05, 3.63) is 29.8 Å². The Balaban J connectivity index is 1.57. The Kier molecular flexibility index (Phi) is 12.8. The topological polar surface area (TPSA) is 9.23 Å². The van der Waals surface area contributed by atoms with Crippen LogP contribution in [-0.2, 0) is 0 Å². The summed E-state index contributed by atoms with van der Waals surface area (Å²) in [6.07, 6.45) is 19.6. The maximum atomic E-state index is 5.97. The fourth-order valence-corrected chi connectivity index (χ4v) is 5.96. The van der Waals surface area contributed by atoms with Crippen LogP contribution in [0.15, 0.2) is 24.3 Å². The van der Waals surface area contributed by atoms with E-state index in [9.17, 15) is 0 Å². The summed E-state index contributed by atoms with van der Waals surface area (Å²) in [5, 5.41) is 0. The summed E-state index contributed by atoms with van der Waals surface area (Å²) in [6.45, 7) is 8.08. The highest BCUT2D eigenvalue weighted by Gasteiger charge is 2.22. The molecule has 1 aliphatic rings. The third kappa shape index (κ3) is 10.7. The zero-order valence-corrected chi connectivity index (χ0v) is 20.9. The summed E-state index contributed by atoms with van der Waals surface area (Å²) < 4.78 is 5.97. The molecule has 0 saturated heterocycles. The normalized spacial score (nSPS) is 19.6. The molecule has 0 amide bonds. The van der Waals surface area contributed by atoms with Crippen LogP contribution in [0.5, 0.6) is 5.75 Å². The maximum absolute atomic E-state index is 5.97. The molecule has 0 spiro atoms. The fraction of sp³-hybridized carbons (Fsp3) is 0.778. The molecule has 0 atom stereocenters. The van der Waals surface area contributed by atoms with E-state index in [0.717, 1.165) is 24.2 Å². The average molecular weight is 417 g/mol. The first-order valence-electron chi connectivity index (χ1n) is 12.9. The predicted octanol–water partition coefficient (Wildman–Crippen LogP) is 8.75. The Labute approximate surface area is 183 Å². The van der Waals surface area contributed by atoms with Gasteiger partial charge in [-0.25, -0.2) is 0 Å². The predicted molar refractivity (Wildman–Crippen MR) is 132 cm³/mol. The van der Waals surface area contributed by atoms with E-state index < -0.39 is 0 Å². The number of benzene rings is 1. The molecule has 1 nitrogen and oxygen atoms in total. The van der Waals surface area contributed by atoms with Crippen molar-refractivity contribution in [1.29, 1.82) is 0 Å².